The molecular weight excluding hydrogens is 791 g/mol. The second kappa shape index (κ2) is 15.9. The molecule has 0 rings (SSSR count). The van der Waals surface area contributed by atoms with Gasteiger partial charge in [-0.15, -0.1) is 4.33 Å². The minimum absolute atomic E-state index is 0.576. The molecule has 0 aliphatic heterocycles. The summed E-state index contributed by atoms with van der Waals surface area (Å²) in [6, 6.07) is 0. The van der Waals surface area contributed by atoms with Gasteiger partial charge in [0, 0.05) is 12.8 Å². The molecule has 1 atom stereocenters. The van der Waals surface area contributed by atoms with Crippen LogP contribution in [-0.2, 0) is 38.5 Å². The van der Waals surface area contributed by atoms with E-state index in [1.165, 1.54) is 0 Å². The third kappa shape index (κ3) is 9.70. The summed E-state index contributed by atoms with van der Waals surface area (Å²) in [6.45, 7) is -4.32. The first-order chi connectivity index (χ1) is 21.6. The van der Waals surface area contributed by atoms with Crippen molar-refractivity contribution in [1.82, 2.24) is 0 Å². The van der Waals surface area contributed by atoms with Crippen molar-refractivity contribution in [2.24, 2.45) is 0 Å². The molecule has 9 nitrogen and oxygen atoms in total. The van der Waals surface area contributed by atoms with Crippen LogP contribution >= 0.6 is 12.0 Å². The van der Waals surface area contributed by atoms with Gasteiger partial charge in [0.2, 0.25) is 0 Å². The minimum Gasteiger partial charge on any atom is -0.298 e. The van der Waals surface area contributed by atoms with Crippen molar-refractivity contribution < 1.29 is 136 Å². The number of carbonyl (C=O) groups is 2. The molecule has 0 aromatic heterocycles. The van der Waals surface area contributed by atoms with Crippen molar-refractivity contribution >= 4 is 24.0 Å². The highest BCUT2D eigenvalue weighted by Gasteiger charge is 2.87. The van der Waals surface area contributed by atoms with Gasteiger partial charge in [0.1, 0.15) is 18.5 Å². The molecule has 1 unspecified atom stereocenters. The maximum atomic E-state index is 13.7. The average Bonchev–Trinajstić information content (AvgIpc) is 2.94. The van der Waals surface area contributed by atoms with Crippen LogP contribution in [0.1, 0.15) is 19.3 Å². The molecule has 0 radical (unpaired) electrons. The van der Waals surface area contributed by atoms with Crippen LogP contribution in [0.5, 0.6) is 0 Å². The molecule has 0 amide bonds. The number of rotatable bonds is 21. The van der Waals surface area contributed by atoms with Crippen LogP contribution in [0.2, 0.25) is 0 Å². The van der Waals surface area contributed by atoms with Crippen molar-refractivity contribution in [1.29, 1.82) is 0 Å². The monoisotopic (exact) mass is 804 g/mol. The van der Waals surface area contributed by atoms with Gasteiger partial charge in [-0.2, -0.15) is 93.2 Å². The smallest absolute Gasteiger partial charge is 0.298 e. The molecule has 292 valence electrons. The number of hydrogen-bond acceptors (Lipinski definition) is 10. The van der Waals surface area contributed by atoms with Crippen molar-refractivity contribution in [2.75, 3.05) is 13.2 Å². The topological polar surface area (TPSA) is 110 Å². The van der Waals surface area contributed by atoms with Gasteiger partial charge in [0.15, 0.2) is 0 Å². The Morgan fingerprint density at radius 2 is 1.00 bits per heavy atom. The number of hydrogen-bond donors (Lipinski definition) is 1. The quantitative estimate of drug-likeness (QED) is 0.0413. The van der Waals surface area contributed by atoms with E-state index in [1.807, 2.05) is 0 Å². The van der Waals surface area contributed by atoms with Crippen LogP contribution in [-0.4, -0.2) is 95.6 Å². The van der Waals surface area contributed by atoms with Crippen molar-refractivity contribution in [2.45, 2.75) is 84.5 Å². The zero-order valence-electron chi connectivity index (χ0n) is 22.2. The fraction of sp³-hybridized carbons (Fsp3) is 0.889. The summed E-state index contributed by atoms with van der Waals surface area (Å²) < 4.78 is 276. The molecule has 0 bridgehead atoms. The molecule has 0 saturated carbocycles. The molecule has 31 heteroatoms. The van der Waals surface area contributed by atoms with Crippen LogP contribution in [0.25, 0.3) is 0 Å². The number of alkyl halides is 21. The van der Waals surface area contributed by atoms with Crippen molar-refractivity contribution in [3.8, 4) is 0 Å². The number of carbonyl (C=O) groups excluding carboxylic acids is 2. The molecular formula is C18H13F21O9S. The lowest BCUT2D eigenvalue weighted by Gasteiger charge is -2.39. The highest BCUT2D eigenvalue weighted by Crippen LogP contribution is 2.59. The zero-order valence-corrected chi connectivity index (χ0v) is 23.1. The van der Waals surface area contributed by atoms with Gasteiger partial charge in [-0.3, -0.25) is 9.78 Å². The van der Waals surface area contributed by atoms with E-state index >= 15 is 0 Å². The summed E-state index contributed by atoms with van der Waals surface area (Å²) in [4.78, 5) is 37.8. The van der Waals surface area contributed by atoms with E-state index < -0.39 is 122 Å². The summed E-state index contributed by atoms with van der Waals surface area (Å²) in [5, 5.41) is 8.58. The maximum absolute atomic E-state index is 13.7. The largest absolute Gasteiger partial charge is 0.460 e. The van der Waals surface area contributed by atoms with Crippen LogP contribution in [0.3, 0.4) is 0 Å². The lowest BCUT2D eigenvalue weighted by Crippen LogP contribution is -2.68. The Morgan fingerprint density at radius 1 is 0.592 bits per heavy atom. The summed E-state index contributed by atoms with van der Waals surface area (Å²) in [5.41, 5.74) is 0. The first-order valence-corrected chi connectivity index (χ1v) is 12.1. The molecule has 0 fully saturated rings. The van der Waals surface area contributed by atoms with Crippen LogP contribution in [0.15, 0.2) is 0 Å². The van der Waals surface area contributed by atoms with Gasteiger partial charge in [-0.1, -0.05) is 5.04 Å². The molecule has 49 heavy (non-hydrogen) atoms. The second-order valence-electron chi connectivity index (χ2n) is 8.64. The van der Waals surface area contributed by atoms with E-state index in [2.05, 4.69) is 28.9 Å². The van der Waals surface area contributed by atoms with E-state index in [0.29, 0.717) is 0 Å². The third-order valence-electron chi connectivity index (χ3n) is 5.24. The average molecular weight is 804 g/mol. The summed E-state index contributed by atoms with van der Waals surface area (Å²) in [7, 11) is 0. The Kier molecular flexibility index (Phi) is 15.1. The molecule has 0 saturated heterocycles. The highest BCUT2D eigenvalue weighted by molar-refractivity contribution is 7.95. The molecule has 0 aliphatic rings. The Balaban J connectivity index is 5.30. The Bertz CT molecular complexity index is 1100. The molecule has 0 heterocycles. The molecule has 0 aromatic rings. The predicted molar refractivity (Wildman–Crippen MR) is 106 cm³/mol. The first kappa shape index (κ1) is 46.6. The molecule has 0 aliphatic carbocycles. The Hall–Kier alpha value is -2.38. The minimum atomic E-state index is -7.88. The van der Waals surface area contributed by atoms with Gasteiger partial charge in [0.25, 0.3) is 0 Å². The molecule has 1 N–H and O–H groups in total. The predicted octanol–water partition coefficient (Wildman–Crippen LogP) is 7.45. The summed E-state index contributed by atoms with van der Waals surface area (Å²) >= 11 is -0.576. The molecule has 0 aromatic carbocycles. The summed E-state index contributed by atoms with van der Waals surface area (Å²) in [6.07, 6.45) is -20.2. The third-order valence-corrected chi connectivity index (χ3v) is 5.97. The lowest BCUT2D eigenvalue weighted by atomic mass is 9.93. The second-order valence-corrected chi connectivity index (χ2v) is 9.53. The standard InChI is InChI=1S/C18H13F21O9S/c19-9(20)12(25,26)15(31,32)16(33,34)13(27,28)10(21,22)1-3-43-45-7(40)5-6(49-48-47-42)8(41)46-44-4-2-11(23,24)14(29,30)17(35,36)18(37,38)39/h6,9,42H,1-5H2. The Labute approximate surface area is 258 Å². The fourth-order valence-electron chi connectivity index (χ4n) is 2.50. The van der Waals surface area contributed by atoms with Gasteiger partial charge in [-0.25, -0.2) is 23.6 Å². The van der Waals surface area contributed by atoms with E-state index in [4.69, 9.17) is 5.26 Å². The normalized spacial score (nSPS) is 15.4. The van der Waals surface area contributed by atoms with E-state index in [9.17, 15) is 102 Å². The van der Waals surface area contributed by atoms with Crippen LogP contribution in [0.4, 0.5) is 92.2 Å². The highest BCUT2D eigenvalue weighted by atomic mass is 32.2. The summed E-state index contributed by atoms with van der Waals surface area (Å²) in [5.74, 6) is -61.9. The first-order valence-electron chi connectivity index (χ1n) is 11.3. The maximum Gasteiger partial charge on any atom is 0.460 e. The molecule has 0 spiro atoms. The van der Waals surface area contributed by atoms with Gasteiger partial charge >= 0.3 is 71.9 Å². The zero-order chi connectivity index (χ0) is 39.3. The Morgan fingerprint density at radius 3 is 1.39 bits per heavy atom. The SMILES string of the molecule is O=C(CC(SOOO)C(=O)OOCCC(F)(F)C(F)(F)C(F)(F)C(F)(F)F)OOCCC(F)(F)C(F)(F)C(F)(F)C(F)(F)C(F)(F)C(F)F. The van der Waals surface area contributed by atoms with Crippen LogP contribution < -0.4 is 0 Å². The van der Waals surface area contributed by atoms with Gasteiger partial charge < -0.3 is 0 Å². The van der Waals surface area contributed by atoms with E-state index in [-0.39, 0.29) is 0 Å². The van der Waals surface area contributed by atoms with E-state index in [0.717, 1.165) is 0 Å². The fourth-order valence-corrected chi connectivity index (χ4v) is 2.95. The lowest BCUT2D eigenvalue weighted by molar-refractivity contribution is -0.432. The van der Waals surface area contributed by atoms with Gasteiger partial charge in [-0.05, 0) is 0 Å². The number of halogens is 21. The van der Waals surface area contributed by atoms with Gasteiger partial charge in [0.05, 0.1) is 18.5 Å². The van der Waals surface area contributed by atoms with E-state index in [1.54, 1.807) is 0 Å². The van der Waals surface area contributed by atoms with Crippen molar-refractivity contribution in [3.05, 3.63) is 0 Å². The van der Waals surface area contributed by atoms with Crippen LogP contribution in [0, 0.1) is 0 Å². The van der Waals surface area contributed by atoms with Crippen molar-refractivity contribution in [3.63, 3.8) is 0 Å².